The number of ether oxygens (including phenoxy) is 1. The first-order valence-electron chi connectivity index (χ1n) is 11.1. The Morgan fingerprint density at radius 1 is 1.32 bits per heavy atom. The zero-order chi connectivity index (χ0) is 27.4. The van der Waals surface area contributed by atoms with Gasteiger partial charge in [0, 0.05) is 30.2 Å². The van der Waals surface area contributed by atoms with E-state index in [1.807, 2.05) is 0 Å². The number of imidazole rings is 1. The number of alkyl halides is 3. The number of benzene rings is 1. The second-order valence-electron chi connectivity index (χ2n) is 8.10. The molecule has 4 N–H and O–H groups in total. The smallest absolute Gasteiger partial charge is 0.394 e. The molecule has 13 nitrogen and oxygen atoms in total. The highest BCUT2D eigenvalue weighted by Crippen LogP contribution is 2.32. The topological polar surface area (TPSA) is 178 Å². The number of aliphatic hydroxyl groups excluding tert-OH is 2. The predicted octanol–water partition coefficient (Wildman–Crippen LogP) is 1.02. The molecule has 0 spiro atoms. The molecule has 0 bridgehead atoms. The molecule has 1 aromatic carbocycles. The van der Waals surface area contributed by atoms with Crippen LogP contribution in [-0.4, -0.2) is 72.1 Å². The lowest BCUT2D eigenvalue weighted by Gasteiger charge is -2.13. The van der Waals surface area contributed by atoms with Gasteiger partial charge in [0.25, 0.3) is 5.69 Å². The Labute approximate surface area is 211 Å². The maximum absolute atomic E-state index is 12.2. The average molecular weight is 535 g/mol. The van der Waals surface area contributed by atoms with E-state index < -0.39 is 42.0 Å². The highest BCUT2D eigenvalue weighted by molar-refractivity contribution is 5.83. The zero-order valence-corrected chi connectivity index (χ0v) is 19.3. The molecular weight excluding hydrogens is 515 g/mol. The van der Waals surface area contributed by atoms with Gasteiger partial charge in [-0.05, 0) is 12.1 Å². The summed E-state index contributed by atoms with van der Waals surface area (Å²) in [4.78, 5) is 34.4. The van der Waals surface area contributed by atoms with Gasteiger partial charge in [0.15, 0.2) is 17.0 Å². The van der Waals surface area contributed by atoms with Crippen LogP contribution >= 0.6 is 0 Å². The van der Waals surface area contributed by atoms with E-state index in [9.17, 15) is 38.3 Å². The first kappa shape index (κ1) is 26.7. The Morgan fingerprint density at radius 3 is 2.79 bits per heavy atom. The summed E-state index contributed by atoms with van der Waals surface area (Å²) in [5, 5.41) is 35.5. The summed E-state index contributed by atoms with van der Waals surface area (Å²) in [5.41, 5.74) is 0.887. The molecule has 3 heterocycles. The Kier molecular flexibility index (Phi) is 7.71. The van der Waals surface area contributed by atoms with Gasteiger partial charge in [0.1, 0.15) is 18.7 Å². The number of aromatic nitrogens is 4. The maximum atomic E-state index is 12.2. The van der Waals surface area contributed by atoms with E-state index in [4.69, 9.17) is 4.74 Å². The molecule has 0 radical (unpaired) electrons. The van der Waals surface area contributed by atoms with E-state index in [1.54, 1.807) is 9.88 Å². The van der Waals surface area contributed by atoms with Gasteiger partial charge in [-0.15, -0.1) is 0 Å². The molecule has 1 amide bonds. The minimum absolute atomic E-state index is 0.0319. The third-order valence-corrected chi connectivity index (χ3v) is 5.61. The van der Waals surface area contributed by atoms with Crippen molar-refractivity contribution in [3.05, 3.63) is 52.1 Å². The minimum Gasteiger partial charge on any atom is -0.394 e. The number of nitro groups is 1. The highest BCUT2D eigenvalue weighted by atomic mass is 19.4. The fraction of sp³-hybridized carbons (Fsp3) is 0.364. The van der Waals surface area contributed by atoms with Crippen LogP contribution in [-0.2, 0) is 16.1 Å². The van der Waals surface area contributed by atoms with Crippen molar-refractivity contribution in [1.29, 1.82) is 0 Å². The largest absolute Gasteiger partial charge is 0.471 e. The molecule has 3 aromatic rings. The van der Waals surface area contributed by atoms with Crippen LogP contribution in [0.25, 0.3) is 11.2 Å². The molecule has 38 heavy (non-hydrogen) atoms. The lowest BCUT2D eigenvalue weighted by atomic mass is 10.1. The Balaban J connectivity index is 1.47. The van der Waals surface area contributed by atoms with E-state index in [1.165, 1.54) is 30.9 Å². The molecular formula is C22H20F3N7O6. The van der Waals surface area contributed by atoms with Crippen molar-refractivity contribution in [3.8, 4) is 11.8 Å². The average Bonchev–Trinajstić information content (AvgIpc) is 3.48. The molecule has 3 atom stereocenters. The van der Waals surface area contributed by atoms with Crippen molar-refractivity contribution < 1.29 is 37.8 Å². The first-order valence-corrected chi connectivity index (χ1v) is 11.1. The second kappa shape index (κ2) is 11.0. The van der Waals surface area contributed by atoms with Crippen molar-refractivity contribution in [2.24, 2.45) is 0 Å². The summed E-state index contributed by atoms with van der Waals surface area (Å²) in [6, 6.07) is 4.05. The van der Waals surface area contributed by atoms with Crippen LogP contribution in [0.2, 0.25) is 0 Å². The predicted molar refractivity (Wildman–Crippen MR) is 123 cm³/mol. The van der Waals surface area contributed by atoms with Crippen LogP contribution in [0.15, 0.2) is 30.9 Å². The molecule has 1 fully saturated rings. The summed E-state index contributed by atoms with van der Waals surface area (Å²) in [6.45, 7) is -0.961. The molecule has 1 saturated heterocycles. The molecule has 0 aliphatic carbocycles. The molecule has 16 heteroatoms. The fourth-order valence-corrected chi connectivity index (χ4v) is 3.75. The lowest BCUT2D eigenvalue weighted by Crippen LogP contribution is -2.36. The quantitative estimate of drug-likeness (QED) is 0.194. The SMILES string of the molecule is O=C(NCC#Cc1ccc(CNc2ncnc3c2ncn3[C@H]2CC(O)[C@@H](CO)O2)c([N+](=O)[O-])c1)C(F)(F)F. The lowest BCUT2D eigenvalue weighted by molar-refractivity contribution is -0.385. The summed E-state index contributed by atoms with van der Waals surface area (Å²) >= 11 is 0. The van der Waals surface area contributed by atoms with Crippen LogP contribution in [0, 0.1) is 22.0 Å². The maximum Gasteiger partial charge on any atom is 0.471 e. The summed E-state index contributed by atoms with van der Waals surface area (Å²) in [6.07, 6.45) is -4.28. The van der Waals surface area contributed by atoms with E-state index in [0.29, 0.717) is 11.2 Å². The molecule has 1 unspecified atom stereocenters. The van der Waals surface area contributed by atoms with Gasteiger partial charge in [-0.3, -0.25) is 19.5 Å². The summed E-state index contributed by atoms with van der Waals surface area (Å²) < 4.78 is 43.8. The number of anilines is 1. The highest BCUT2D eigenvalue weighted by Gasteiger charge is 2.38. The van der Waals surface area contributed by atoms with Crippen LogP contribution < -0.4 is 10.6 Å². The van der Waals surface area contributed by atoms with E-state index in [0.717, 1.165) is 0 Å². The number of fused-ring (bicyclic) bond motifs is 1. The van der Waals surface area contributed by atoms with Gasteiger partial charge in [0.2, 0.25) is 0 Å². The van der Waals surface area contributed by atoms with Crippen molar-refractivity contribution in [2.75, 3.05) is 18.5 Å². The molecule has 1 aliphatic heterocycles. The van der Waals surface area contributed by atoms with Crippen molar-refractivity contribution >= 4 is 28.6 Å². The first-order chi connectivity index (χ1) is 18.1. The van der Waals surface area contributed by atoms with Crippen LogP contribution in [0.1, 0.15) is 23.8 Å². The number of carbonyl (C=O) groups excluding carboxylic acids is 1. The number of nitrogens with zero attached hydrogens (tertiary/aromatic N) is 5. The Morgan fingerprint density at radius 2 is 2.11 bits per heavy atom. The van der Waals surface area contributed by atoms with Gasteiger partial charge in [0.05, 0.1) is 30.5 Å². The third kappa shape index (κ3) is 5.80. The number of hydrogen-bond donors (Lipinski definition) is 4. The van der Waals surface area contributed by atoms with Gasteiger partial charge in [-0.25, -0.2) is 15.0 Å². The molecule has 4 rings (SSSR count). The van der Waals surface area contributed by atoms with Gasteiger partial charge in [-0.1, -0.05) is 11.8 Å². The summed E-state index contributed by atoms with van der Waals surface area (Å²) in [7, 11) is 0. The van der Waals surface area contributed by atoms with Gasteiger partial charge in [-0.2, -0.15) is 13.2 Å². The monoisotopic (exact) mass is 535 g/mol. The molecule has 2 aromatic heterocycles. The van der Waals surface area contributed by atoms with Crippen LogP contribution in [0.5, 0.6) is 0 Å². The van der Waals surface area contributed by atoms with Crippen molar-refractivity contribution in [3.63, 3.8) is 0 Å². The van der Waals surface area contributed by atoms with Crippen molar-refractivity contribution in [2.45, 2.75) is 37.6 Å². The normalized spacial score (nSPS) is 19.1. The van der Waals surface area contributed by atoms with Crippen LogP contribution in [0.3, 0.4) is 0 Å². The van der Waals surface area contributed by atoms with Gasteiger partial charge >= 0.3 is 12.1 Å². The molecule has 200 valence electrons. The third-order valence-electron chi connectivity index (χ3n) is 5.61. The van der Waals surface area contributed by atoms with Crippen LogP contribution in [0.4, 0.5) is 24.7 Å². The van der Waals surface area contributed by atoms with Crippen molar-refractivity contribution in [1.82, 2.24) is 24.8 Å². The number of aliphatic hydroxyl groups is 2. The number of nitrogens with one attached hydrogen (secondary N) is 2. The Hall–Kier alpha value is -4.33. The molecule has 0 saturated carbocycles. The number of carbonyl (C=O) groups is 1. The van der Waals surface area contributed by atoms with E-state index in [-0.39, 0.29) is 42.2 Å². The number of halogens is 3. The standard InChI is InChI=1S/C22H20F3N7O6/c23-22(24,25)21(35)26-5-1-2-12-3-4-13(14(6-12)32(36)37)8-27-19-18-20(29-10-28-19)31(11-30-18)17-7-15(34)16(9-33)38-17/h3-4,6,10-11,15-17,33-34H,5,7-9H2,(H,26,35)(H,27,28,29)/t15?,16-,17-/m1/s1. The second-order valence-corrected chi connectivity index (χ2v) is 8.10. The van der Waals surface area contributed by atoms with E-state index >= 15 is 0 Å². The summed E-state index contributed by atoms with van der Waals surface area (Å²) in [5.74, 6) is 2.94. The number of amides is 1. The fourth-order valence-electron chi connectivity index (χ4n) is 3.75. The Bertz CT molecular complexity index is 1420. The number of hydrogen-bond acceptors (Lipinski definition) is 10. The minimum atomic E-state index is -5.03. The van der Waals surface area contributed by atoms with Gasteiger partial charge < -0.3 is 25.6 Å². The number of rotatable bonds is 7. The van der Waals surface area contributed by atoms with E-state index in [2.05, 4.69) is 32.1 Å². The zero-order valence-electron chi connectivity index (χ0n) is 19.3. The molecule has 1 aliphatic rings. The number of nitro benzene ring substituents is 1.